The lowest BCUT2D eigenvalue weighted by Crippen LogP contribution is -2.30. The van der Waals surface area contributed by atoms with E-state index in [1.54, 1.807) is 0 Å². The van der Waals surface area contributed by atoms with Gasteiger partial charge in [-0.2, -0.15) is 5.10 Å². The Kier molecular flexibility index (Phi) is 5.15. The van der Waals surface area contributed by atoms with Crippen LogP contribution in [0.5, 0.6) is 0 Å². The Morgan fingerprint density at radius 2 is 2.00 bits per heavy atom. The SMILES string of the molecule is CCn1nc(C)c(C(C)NC(C)CCO)c1C. The van der Waals surface area contributed by atoms with Crippen molar-refractivity contribution >= 4 is 0 Å². The predicted molar refractivity (Wildman–Crippen MR) is 70.1 cm³/mol. The van der Waals surface area contributed by atoms with E-state index in [1.807, 2.05) is 4.68 Å². The number of aliphatic hydroxyl groups excluding tert-OH is 1. The van der Waals surface area contributed by atoms with E-state index in [0.29, 0.717) is 6.04 Å². The molecule has 0 saturated carbocycles. The van der Waals surface area contributed by atoms with Gasteiger partial charge >= 0.3 is 0 Å². The minimum atomic E-state index is 0.229. The fourth-order valence-corrected chi connectivity index (χ4v) is 2.43. The van der Waals surface area contributed by atoms with Gasteiger partial charge in [-0.05, 0) is 41.0 Å². The van der Waals surface area contributed by atoms with E-state index in [4.69, 9.17) is 5.11 Å². The van der Waals surface area contributed by atoms with Gasteiger partial charge in [0.2, 0.25) is 0 Å². The molecule has 17 heavy (non-hydrogen) atoms. The molecule has 4 nitrogen and oxygen atoms in total. The Labute approximate surface area is 104 Å². The maximum Gasteiger partial charge on any atom is 0.0644 e. The molecule has 2 unspecified atom stereocenters. The predicted octanol–water partition coefficient (Wildman–Crippen LogP) is 1.94. The summed E-state index contributed by atoms with van der Waals surface area (Å²) < 4.78 is 2.04. The molecule has 2 N–H and O–H groups in total. The summed E-state index contributed by atoms with van der Waals surface area (Å²) >= 11 is 0. The van der Waals surface area contributed by atoms with Crippen LogP contribution in [-0.4, -0.2) is 27.5 Å². The van der Waals surface area contributed by atoms with Crippen molar-refractivity contribution in [3.63, 3.8) is 0 Å². The molecule has 4 heteroatoms. The second kappa shape index (κ2) is 6.17. The average Bonchev–Trinajstić information content (AvgIpc) is 2.53. The summed E-state index contributed by atoms with van der Waals surface area (Å²) in [5.74, 6) is 0. The number of aliphatic hydroxyl groups is 1. The number of hydrogen-bond acceptors (Lipinski definition) is 3. The number of aryl methyl sites for hydroxylation is 2. The zero-order valence-electron chi connectivity index (χ0n) is 11.6. The normalized spacial score (nSPS) is 14.9. The van der Waals surface area contributed by atoms with Crippen molar-refractivity contribution in [1.29, 1.82) is 0 Å². The first-order chi connectivity index (χ1) is 8.01. The minimum Gasteiger partial charge on any atom is -0.396 e. The molecule has 0 aliphatic heterocycles. The molecule has 1 heterocycles. The monoisotopic (exact) mass is 239 g/mol. The third kappa shape index (κ3) is 3.30. The largest absolute Gasteiger partial charge is 0.396 e. The van der Waals surface area contributed by atoms with Crippen LogP contribution in [0, 0.1) is 13.8 Å². The highest BCUT2D eigenvalue weighted by Gasteiger charge is 2.18. The summed E-state index contributed by atoms with van der Waals surface area (Å²) in [6.45, 7) is 11.7. The zero-order chi connectivity index (χ0) is 13.0. The number of aromatic nitrogens is 2. The van der Waals surface area contributed by atoms with Crippen molar-refractivity contribution < 1.29 is 5.11 Å². The van der Waals surface area contributed by atoms with Gasteiger partial charge in [0.15, 0.2) is 0 Å². The molecule has 1 aromatic rings. The van der Waals surface area contributed by atoms with Crippen LogP contribution in [0.15, 0.2) is 0 Å². The molecule has 2 atom stereocenters. The Balaban J connectivity index is 2.81. The molecular weight excluding hydrogens is 214 g/mol. The molecule has 98 valence electrons. The van der Waals surface area contributed by atoms with Crippen molar-refractivity contribution in [2.24, 2.45) is 0 Å². The summed E-state index contributed by atoms with van der Waals surface area (Å²) in [5.41, 5.74) is 3.62. The quantitative estimate of drug-likeness (QED) is 0.797. The van der Waals surface area contributed by atoms with Crippen molar-refractivity contribution in [2.45, 2.75) is 59.7 Å². The van der Waals surface area contributed by atoms with E-state index < -0.39 is 0 Å². The highest BCUT2D eigenvalue weighted by Crippen LogP contribution is 2.21. The van der Waals surface area contributed by atoms with Crippen molar-refractivity contribution in [3.8, 4) is 0 Å². The summed E-state index contributed by atoms with van der Waals surface area (Å²) in [5, 5.41) is 16.9. The number of nitrogens with one attached hydrogen (secondary N) is 1. The average molecular weight is 239 g/mol. The summed E-state index contributed by atoms with van der Waals surface area (Å²) in [7, 11) is 0. The summed E-state index contributed by atoms with van der Waals surface area (Å²) in [4.78, 5) is 0. The molecular formula is C13H25N3O. The lowest BCUT2D eigenvalue weighted by molar-refractivity contribution is 0.264. The van der Waals surface area contributed by atoms with Crippen molar-refractivity contribution in [2.75, 3.05) is 6.61 Å². The van der Waals surface area contributed by atoms with Crippen LogP contribution in [0.2, 0.25) is 0 Å². The highest BCUT2D eigenvalue weighted by molar-refractivity contribution is 5.27. The number of rotatable bonds is 6. The van der Waals surface area contributed by atoms with Crippen LogP contribution in [0.4, 0.5) is 0 Å². The van der Waals surface area contributed by atoms with Crippen molar-refractivity contribution in [3.05, 3.63) is 17.0 Å². The molecule has 1 rings (SSSR count). The van der Waals surface area contributed by atoms with E-state index in [-0.39, 0.29) is 12.6 Å². The maximum absolute atomic E-state index is 8.92. The van der Waals surface area contributed by atoms with Crippen LogP contribution in [0.25, 0.3) is 0 Å². The minimum absolute atomic E-state index is 0.229. The molecule has 0 aliphatic rings. The van der Waals surface area contributed by atoms with E-state index in [0.717, 1.165) is 18.7 Å². The van der Waals surface area contributed by atoms with E-state index in [1.165, 1.54) is 11.3 Å². The van der Waals surface area contributed by atoms with Crippen LogP contribution < -0.4 is 5.32 Å². The number of nitrogens with zero attached hydrogens (tertiary/aromatic N) is 2. The van der Waals surface area contributed by atoms with Gasteiger partial charge in [0.1, 0.15) is 0 Å². The fourth-order valence-electron chi connectivity index (χ4n) is 2.43. The van der Waals surface area contributed by atoms with E-state index >= 15 is 0 Å². The van der Waals surface area contributed by atoms with Crippen LogP contribution >= 0.6 is 0 Å². The second-order valence-corrected chi connectivity index (χ2v) is 4.70. The first-order valence-corrected chi connectivity index (χ1v) is 6.42. The molecule has 0 spiro atoms. The topological polar surface area (TPSA) is 50.1 Å². The second-order valence-electron chi connectivity index (χ2n) is 4.70. The zero-order valence-corrected chi connectivity index (χ0v) is 11.6. The molecule has 0 radical (unpaired) electrons. The number of hydrogen-bond donors (Lipinski definition) is 2. The van der Waals surface area contributed by atoms with Gasteiger partial charge in [-0.3, -0.25) is 4.68 Å². The molecule has 0 saturated heterocycles. The highest BCUT2D eigenvalue weighted by atomic mass is 16.3. The summed E-state index contributed by atoms with van der Waals surface area (Å²) in [6, 6.07) is 0.593. The Bertz CT molecular complexity index is 360. The molecule has 0 aliphatic carbocycles. The van der Waals surface area contributed by atoms with Gasteiger partial charge in [0.05, 0.1) is 5.69 Å². The lowest BCUT2D eigenvalue weighted by Gasteiger charge is -2.20. The van der Waals surface area contributed by atoms with Gasteiger partial charge in [-0.1, -0.05) is 0 Å². The van der Waals surface area contributed by atoms with Gasteiger partial charge in [0.25, 0.3) is 0 Å². The third-order valence-electron chi connectivity index (χ3n) is 3.27. The Morgan fingerprint density at radius 1 is 1.35 bits per heavy atom. The van der Waals surface area contributed by atoms with Crippen LogP contribution in [-0.2, 0) is 6.54 Å². The lowest BCUT2D eigenvalue weighted by atomic mass is 10.1. The molecule has 0 bridgehead atoms. The van der Waals surface area contributed by atoms with Crippen LogP contribution in [0.3, 0.4) is 0 Å². The van der Waals surface area contributed by atoms with Gasteiger partial charge in [-0.15, -0.1) is 0 Å². The molecule has 0 aromatic carbocycles. The van der Waals surface area contributed by atoms with E-state index in [2.05, 4.69) is 45.0 Å². The maximum atomic E-state index is 8.92. The Hall–Kier alpha value is -0.870. The molecule has 1 aromatic heterocycles. The standard InChI is InChI=1S/C13H25N3O/c1-6-16-12(5)13(11(4)15-16)10(3)14-9(2)7-8-17/h9-10,14,17H,6-8H2,1-5H3. The molecule has 0 fully saturated rings. The fraction of sp³-hybridized carbons (Fsp3) is 0.769. The smallest absolute Gasteiger partial charge is 0.0644 e. The van der Waals surface area contributed by atoms with Gasteiger partial charge < -0.3 is 10.4 Å². The van der Waals surface area contributed by atoms with Crippen LogP contribution in [0.1, 0.15) is 50.2 Å². The van der Waals surface area contributed by atoms with Gasteiger partial charge in [-0.25, -0.2) is 0 Å². The van der Waals surface area contributed by atoms with Crippen molar-refractivity contribution in [1.82, 2.24) is 15.1 Å². The first kappa shape index (κ1) is 14.2. The Morgan fingerprint density at radius 3 is 2.47 bits per heavy atom. The van der Waals surface area contributed by atoms with E-state index in [9.17, 15) is 0 Å². The first-order valence-electron chi connectivity index (χ1n) is 6.42. The molecule has 0 amide bonds. The van der Waals surface area contributed by atoms with Gasteiger partial charge in [0, 0.05) is 36.5 Å². The third-order valence-corrected chi connectivity index (χ3v) is 3.27. The summed E-state index contributed by atoms with van der Waals surface area (Å²) in [6.07, 6.45) is 0.782.